The average Bonchev–Trinajstić information content (AvgIpc) is 3.61. The van der Waals surface area contributed by atoms with Gasteiger partial charge in [-0.15, -0.1) is 21.5 Å². The summed E-state index contributed by atoms with van der Waals surface area (Å²) in [6.07, 6.45) is 0. The maximum Gasteiger partial charge on any atom is 0.268 e. The molecule has 0 amide bonds. The predicted molar refractivity (Wildman–Crippen MR) is 133 cm³/mol. The maximum atomic E-state index is 13.6. The lowest BCUT2D eigenvalue weighted by molar-refractivity contribution is 0.426. The van der Waals surface area contributed by atoms with E-state index >= 15 is 0 Å². The Morgan fingerprint density at radius 1 is 1.03 bits per heavy atom. The molecule has 0 aliphatic rings. The molecule has 0 radical (unpaired) electrons. The quantitative estimate of drug-likeness (QED) is 0.315. The Morgan fingerprint density at radius 3 is 2.76 bits per heavy atom. The number of aromatic nitrogens is 6. The van der Waals surface area contributed by atoms with Gasteiger partial charge in [-0.25, -0.2) is 4.57 Å². The second kappa shape index (κ2) is 8.23. The lowest BCUT2D eigenvalue weighted by Crippen LogP contribution is -2.22. The minimum atomic E-state index is -0.125. The van der Waals surface area contributed by atoms with Crippen molar-refractivity contribution in [1.82, 2.24) is 29.3 Å². The summed E-state index contributed by atoms with van der Waals surface area (Å²) in [6.45, 7) is 4.04. The number of hydrogen-bond acceptors (Lipinski definition) is 8. The Balaban J connectivity index is 1.47. The van der Waals surface area contributed by atoms with Gasteiger partial charge in [0.1, 0.15) is 0 Å². The number of thioether (sulfide) groups is 1. The molecular formula is C24H18N6O2S2. The van der Waals surface area contributed by atoms with Crippen molar-refractivity contribution in [2.75, 3.05) is 0 Å². The fourth-order valence-electron chi connectivity index (χ4n) is 3.91. The van der Waals surface area contributed by atoms with E-state index in [0.717, 1.165) is 27.2 Å². The van der Waals surface area contributed by atoms with Crippen LogP contribution in [0.25, 0.3) is 33.1 Å². The third-order valence-electron chi connectivity index (χ3n) is 5.74. The summed E-state index contributed by atoms with van der Waals surface area (Å²) in [7, 11) is 0. The smallest absolute Gasteiger partial charge is 0.268 e. The minimum absolute atomic E-state index is 0.125. The lowest BCUT2D eigenvalue weighted by atomic mass is 10.1. The Hall–Kier alpha value is -3.76. The first-order chi connectivity index (χ1) is 16.6. The van der Waals surface area contributed by atoms with Crippen molar-refractivity contribution in [3.8, 4) is 16.5 Å². The van der Waals surface area contributed by atoms with Gasteiger partial charge in [0.25, 0.3) is 11.4 Å². The third kappa shape index (κ3) is 3.34. The molecule has 0 N–H and O–H groups in total. The number of fused-ring (bicyclic) bond motifs is 3. The summed E-state index contributed by atoms with van der Waals surface area (Å²) in [4.78, 5) is 19.0. The second-order valence-electron chi connectivity index (χ2n) is 7.78. The zero-order chi connectivity index (χ0) is 23.2. The maximum absolute atomic E-state index is 13.6. The summed E-state index contributed by atoms with van der Waals surface area (Å²) < 4.78 is 8.97. The number of nitrogens with zero attached hydrogens (tertiary/aromatic N) is 6. The number of para-hydroxylation sites is 1. The van der Waals surface area contributed by atoms with Crippen LogP contribution in [0.4, 0.5) is 0 Å². The Morgan fingerprint density at radius 2 is 1.91 bits per heavy atom. The molecule has 0 atom stereocenters. The van der Waals surface area contributed by atoms with E-state index in [-0.39, 0.29) is 5.56 Å². The average molecular weight is 487 g/mol. The molecule has 0 aliphatic carbocycles. The molecule has 4 heterocycles. The van der Waals surface area contributed by atoms with Crippen molar-refractivity contribution < 1.29 is 4.52 Å². The molecule has 0 aliphatic heterocycles. The molecule has 4 aromatic heterocycles. The molecular weight excluding hydrogens is 468 g/mol. The van der Waals surface area contributed by atoms with Crippen LogP contribution in [0, 0.1) is 13.8 Å². The van der Waals surface area contributed by atoms with E-state index in [1.54, 1.807) is 15.9 Å². The number of thiophene rings is 1. The van der Waals surface area contributed by atoms with Gasteiger partial charge in [-0.3, -0.25) is 9.20 Å². The number of hydrogen-bond donors (Lipinski definition) is 0. The van der Waals surface area contributed by atoms with Crippen LogP contribution in [0.3, 0.4) is 0 Å². The van der Waals surface area contributed by atoms with Crippen molar-refractivity contribution in [2.45, 2.75) is 24.8 Å². The van der Waals surface area contributed by atoms with E-state index in [1.165, 1.54) is 11.8 Å². The van der Waals surface area contributed by atoms with Gasteiger partial charge in [-0.05, 0) is 54.6 Å². The van der Waals surface area contributed by atoms with Crippen LogP contribution >= 0.6 is 23.1 Å². The molecule has 0 saturated carbocycles. The summed E-state index contributed by atoms with van der Waals surface area (Å²) in [5.74, 6) is 1.99. The Kier molecular flexibility index (Phi) is 5.04. The number of aryl methyl sites for hydroxylation is 1. The Bertz CT molecular complexity index is 1720. The first-order valence-electron chi connectivity index (χ1n) is 10.6. The molecule has 0 unspecified atom stereocenters. The van der Waals surface area contributed by atoms with Crippen molar-refractivity contribution in [3.05, 3.63) is 87.3 Å². The van der Waals surface area contributed by atoms with Gasteiger partial charge in [0.05, 0.1) is 27.2 Å². The monoisotopic (exact) mass is 486 g/mol. The standard InChI is InChI=1S/C24H18N6O2S2/c1-14-7-5-10-17(15(14)2)29-22(31)16-8-3-4-9-18(16)30-23(29)26-27-24(30)34-13-20-25-21(32-28-20)19-11-6-12-33-19/h3-12H,13H2,1-2H3. The highest BCUT2D eigenvalue weighted by atomic mass is 32.2. The summed E-state index contributed by atoms with van der Waals surface area (Å²) in [5.41, 5.74) is 3.54. The van der Waals surface area contributed by atoms with E-state index in [4.69, 9.17) is 4.52 Å². The highest BCUT2D eigenvalue weighted by molar-refractivity contribution is 7.98. The van der Waals surface area contributed by atoms with Gasteiger partial charge < -0.3 is 4.52 Å². The molecule has 6 aromatic rings. The normalized spacial score (nSPS) is 11.6. The Labute approximate surface area is 201 Å². The van der Waals surface area contributed by atoms with Crippen molar-refractivity contribution in [3.63, 3.8) is 0 Å². The molecule has 2 aromatic carbocycles. The number of benzene rings is 2. The molecule has 34 heavy (non-hydrogen) atoms. The van der Waals surface area contributed by atoms with Gasteiger partial charge in [0, 0.05) is 0 Å². The van der Waals surface area contributed by atoms with Crippen LogP contribution in [-0.4, -0.2) is 29.3 Å². The number of rotatable bonds is 5. The van der Waals surface area contributed by atoms with Crippen LogP contribution in [0.1, 0.15) is 17.0 Å². The summed E-state index contributed by atoms with van der Waals surface area (Å²) >= 11 is 2.99. The molecule has 10 heteroatoms. The summed E-state index contributed by atoms with van der Waals surface area (Å²) in [5, 5.41) is 16.2. The topological polar surface area (TPSA) is 91.1 Å². The van der Waals surface area contributed by atoms with Crippen molar-refractivity contribution in [2.24, 2.45) is 0 Å². The highest BCUT2D eigenvalue weighted by Gasteiger charge is 2.20. The van der Waals surface area contributed by atoms with Gasteiger partial charge in [-0.2, -0.15) is 4.98 Å². The van der Waals surface area contributed by atoms with Crippen LogP contribution in [-0.2, 0) is 5.75 Å². The molecule has 8 nitrogen and oxygen atoms in total. The highest BCUT2D eigenvalue weighted by Crippen LogP contribution is 2.28. The predicted octanol–water partition coefficient (Wildman–Crippen LogP) is 5.05. The van der Waals surface area contributed by atoms with Crippen LogP contribution in [0.15, 0.2) is 74.5 Å². The van der Waals surface area contributed by atoms with Crippen molar-refractivity contribution in [1.29, 1.82) is 0 Å². The first kappa shape index (κ1) is 20.8. The molecule has 0 spiro atoms. The minimum Gasteiger partial charge on any atom is -0.333 e. The van der Waals surface area contributed by atoms with Crippen LogP contribution in [0.2, 0.25) is 0 Å². The largest absolute Gasteiger partial charge is 0.333 e. The van der Waals surface area contributed by atoms with E-state index in [2.05, 4.69) is 20.3 Å². The van der Waals surface area contributed by atoms with E-state index < -0.39 is 0 Å². The lowest BCUT2D eigenvalue weighted by Gasteiger charge is -2.14. The van der Waals surface area contributed by atoms with E-state index in [9.17, 15) is 4.79 Å². The van der Waals surface area contributed by atoms with Crippen LogP contribution in [0.5, 0.6) is 0 Å². The molecule has 168 valence electrons. The zero-order valence-electron chi connectivity index (χ0n) is 18.3. The van der Waals surface area contributed by atoms with Gasteiger partial charge in [-0.1, -0.05) is 47.3 Å². The zero-order valence-corrected chi connectivity index (χ0v) is 19.9. The fourth-order valence-corrected chi connectivity index (χ4v) is 5.34. The second-order valence-corrected chi connectivity index (χ2v) is 9.67. The molecule has 6 rings (SSSR count). The van der Waals surface area contributed by atoms with E-state index in [1.807, 2.05) is 78.2 Å². The van der Waals surface area contributed by atoms with Gasteiger partial charge in [0.15, 0.2) is 11.0 Å². The molecule has 0 fully saturated rings. The van der Waals surface area contributed by atoms with Crippen LogP contribution < -0.4 is 5.56 Å². The molecule has 0 saturated heterocycles. The van der Waals surface area contributed by atoms with Crippen molar-refractivity contribution >= 4 is 39.8 Å². The summed E-state index contributed by atoms with van der Waals surface area (Å²) in [6, 6.07) is 17.3. The fraction of sp³-hybridized carbons (Fsp3) is 0.125. The van der Waals surface area contributed by atoms with Gasteiger partial charge in [0.2, 0.25) is 5.78 Å². The first-order valence-corrected chi connectivity index (χ1v) is 12.4. The van der Waals surface area contributed by atoms with Gasteiger partial charge >= 0.3 is 0 Å². The van der Waals surface area contributed by atoms with E-state index in [0.29, 0.717) is 33.8 Å². The molecule has 0 bridgehead atoms. The SMILES string of the molecule is Cc1cccc(-n2c(=O)c3ccccc3n3c(SCc4noc(-c5cccs5)n4)nnc23)c1C. The third-order valence-corrected chi connectivity index (χ3v) is 7.52.